The molecule has 0 aliphatic carbocycles. The Labute approximate surface area is 124 Å². The van der Waals surface area contributed by atoms with Crippen LogP contribution in [0.25, 0.3) is 0 Å². The third kappa shape index (κ3) is 3.85. The number of hydrogen-bond acceptors (Lipinski definition) is 5. The Balaban J connectivity index is 2.02. The second-order valence-electron chi connectivity index (χ2n) is 4.36. The second-order valence-corrected chi connectivity index (χ2v) is 5.36. The Morgan fingerprint density at radius 2 is 2.19 bits per heavy atom. The number of Topliss-reactive ketones (excluding diaryl/α,β-unsaturated/α-hetero) is 1. The number of aromatic nitrogens is 1. The molecular weight excluding hydrogens is 295 g/mol. The predicted molar refractivity (Wildman–Crippen MR) is 77.7 cm³/mol. The monoisotopic (exact) mass is 308 g/mol. The zero-order valence-electron chi connectivity index (χ0n) is 11.2. The SMILES string of the molecule is CC(=O)c1sc(NCCc2cccc(F)c2)nc1C(=O)O. The average molecular weight is 308 g/mol. The molecule has 0 spiro atoms. The molecule has 5 nitrogen and oxygen atoms in total. The predicted octanol–water partition coefficient (Wildman–Crippen LogP) is 2.84. The van der Waals surface area contributed by atoms with E-state index in [4.69, 9.17) is 5.11 Å². The van der Waals surface area contributed by atoms with Crippen LogP contribution in [0.1, 0.15) is 32.6 Å². The van der Waals surface area contributed by atoms with Gasteiger partial charge in [0, 0.05) is 13.5 Å². The van der Waals surface area contributed by atoms with Gasteiger partial charge in [-0.3, -0.25) is 4.79 Å². The molecule has 2 N–H and O–H groups in total. The van der Waals surface area contributed by atoms with Crippen LogP contribution in [-0.2, 0) is 6.42 Å². The van der Waals surface area contributed by atoms with Gasteiger partial charge < -0.3 is 10.4 Å². The maximum atomic E-state index is 13.0. The molecule has 0 amide bonds. The average Bonchev–Trinajstić information content (AvgIpc) is 2.83. The minimum absolute atomic E-state index is 0.121. The van der Waals surface area contributed by atoms with Crippen molar-refractivity contribution in [3.63, 3.8) is 0 Å². The summed E-state index contributed by atoms with van der Waals surface area (Å²) in [6.45, 7) is 1.77. The van der Waals surface area contributed by atoms with Gasteiger partial charge in [-0.15, -0.1) is 0 Å². The van der Waals surface area contributed by atoms with Crippen molar-refractivity contribution in [3.05, 3.63) is 46.2 Å². The number of nitrogens with zero attached hydrogens (tertiary/aromatic N) is 1. The molecule has 1 heterocycles. The van der Waals surface area contributed by atoms with Crippen LogP contribution in [0.3, 0.4) is 0 Å². The van der Waals surface area contributed by atoms with Crippen molar-refractivity contribution in [2.24, 2.45) is 0 Å². The number of carboxylic acid groups (broad SMARTS) is 1. The second kappa shape index (κ2) is 6.45. The van der Waals surface area contributed by atoms with E-state index in [1.165, 1.54) is 19.1 Å². The number of hydrogen-bond donors (Lipinski definition) is 2. The lowest BCUT2D eigenvalue weighted by molar-refractivity contribution is 0.0687. The van der Waals surface area contributed by atoms with Gasteiger partial charge in [-0.1, -0.05) is 23.5 Å². The Hall–Kier alpha value is -2.28. The number of carbonyl (C=O) groups excluding carboxylic acids is 1. The molecule has 0 fully saturated rings. The Kier molecular flexibility index (Phi) is 4.64. The van der Waals surface area contributed by atoms with Gasteiger partial charge in [0.1, 0.15) is 10.7 Å². The van der Waals surface area contributed by atoms with Crippen LogP contribution in [0.15, 0.2) is 24.3 Å². The zero-order chi connectivity index (χ0) is 15.4. The first-order chi connectivity index (χ1) is 9.97. The topological polar surface area (TPSA) is 79.3 Å². The highest BCUT2D eigenvalue weighted by atomic mass is 32.1. The summed E-state index contributed by atoms with van der Waals surface area (Å²) in [5.41, 5.74) is 0.588. The number of anilines is 1. The molecule has 110 valence electrons. The summed E-state index contributed by atoms with van der Waals surface area (Å²) < 4.78 is 13.0. The smallest absolute Gasteiger partial charge is 0.356 e. The molecule has 0 saturated carbocycles. The van der Waals surface area contributed by atoms with Crippen molar-refractivity contribution < 1.29 is 19.1 Å². The Bertz CT molecular complexity index is 653. The number of benzene rings is 1. The third-order valence-electron chi connectivity index (χ3n) is 2.73. The van der Waals surface area contributed by atoms with Crippen LogP contribution in [-0.4, -0.2) is 28.4 Å². The van der Waals surface area contributed by atoms with Crippen molar-refractivity contribution in [1.29, 1.82) is 0 Å². The maximum absolute atomic E-state index is 13.0. The quantitative estimate of drug-likeness (QED) is 0.802. The molecule has 2 aromatic rings. The third-order valence-corrected chi connectivity index (χ3v) is 3.84. The van der Waals surface area contributed by atoms with E-state index >= 15 is 0 Å². The van der Waals surface area contributed by atoms with E-state index in [2.05, 4.69) is 10.3 Å². The summed E-state index contributed by atoms with van der Waals surface area (Å²) in [6, 6.07) is 6.24. The first-order valence-corrected chi connectivity index (χ1v) is 7.02. The van der Waals surface area contributed by atoms with Gasteiger partial charge in [0.25, 0.3) is 0 Å². The van der Waals surface area contributed by atoms with Gasteiger partial charge in [0.15, 0.2) is 16.6 Å². The summed E-state index contributed by atoms with van der Waals surface area (Å²) in [4.78, 5) is 26.4. The summed E-state index contributed by atoms with van der Waals surface area (Å²) in [7, 11) is 0. The zero-order valence-corrected chi connectivity index (χ0v) is 12.0. The minimum atomic E-state index is -1.23. The molecule has 1 aromatic heterocycles. The van der Waals surface area contributed by atoms with E-state index in [0.29, 0.717) is 18.1 Å². The summed E-state index contributed by atoms with van der Waals surface area (Å²) >= 11 is 1.01. The van der Waals surface area contributed by atoms with Crippen LogP contribution in [0.4, 0.5) is 9.52 Å². The van der Waals surface area contributed by atoms with Crippen LogP contribution in [0.2, 0.25) is 0 Å². The largest absolute Gasteiger partial charge is 0.476 e. The van der Waals surface area contributed by atoms with E-state index in [0.717, 1.165) is 16.9 Å². The van der Waals surface area contributed by atoms with Gasteiger partial charge in [-0.2, -0.15) is 0 Å². The molecular formula is C14H13FN2O3S. The van der Waals surface area contributed by atoms with Crippen molar-refractivity contribution >= 4 is 28.2 Å². The number of carboxylic acids is 1. The number of nitrogens with one attached hydrogen (secondary N) is 1. The fourth-order valence-electron chi connectivity index (χ4n) is 1.79. The lowest BCUT2D eigenvalue weighted by Gasteiger charge is -2.02. The number of carbonyl (C=O) groups is 2. The molecule has 0 aliphatic heterocycles. The molecule has 0 saturated heterocycles. The molecule has 0 unspecified atom stereocenters. The number of aromatic carboxylic acids is 1. The highest BCUT2D eigenvalue weighted by Gasteiger charge is 2.20. The Morgan fingerprint density at radius 3 is 2.76 bits per heavy atom. The van der Waals surface area contributed by atoms with E-state index in [1.54, 1.807) is 12.1 Å². The number of thiazole rings is 1. The Morgan fingerprint density at radius 1 is 1.43 bits per heavy atom. The normalized spacial score (nSPS) is 10.4. The first kappa shape index (κ1) is 15.1. The molecule has 0 radical (unpaired) electrons. The van der Waals surface area contributed by atoms with Crippen molar-refractivity contribution in [1.82, 2.24) is 4.98 Å². The molecule has 0 bridgehead atoms. The summed E-state index contributed by atoms with van der Waals surface area (Å²) in [5, 5.41) is 12.3. The van der Waals surface area contributed by atoms with Crippen molar-refractivity contribution in [2.75, 3.05) is 11.9 Å². The fraction of sp³-hybridized carbons (Fsp3) is 0.214. The molecule has 21 heavy (non-hydrogen) atoms. The van der Waals surface area contributed by atoms with E-state index in [1.807, 2.05) is 0 Å². The molecule has 2 rings (SSSR count). The standard InChI is InChI=1S/C14H13FN2O3S/c1-8(18)12-11(13(19)20)17-14(21-12)16-6-5-9-3-2-4-10(15)7-9/h2-4,7H,5-6H2,1H3,(H,16,17)(H,19,20). The molecule has 1 aromatic carbocycles. The van der Waals surface area contributed by atoms with Crippen LogP contribution in [0, 0.1) is 5.82 Å². The highest BCUT2D eigenvalue weighted by Crippen LogP contribution is 2.23. The van der Waals surface area contributed by atoms with Gasteiger partial charge in [-0.05, 0) is 24.1 Å². The maximum Gasteiger partial charge on any atom is 0.356 e. The van der Waals surface area contributed by atoms with Gasteiger partial charge >= 0.3 is 5.97 Å². The lowest BCUT2D eigenvalue weighted by Crippen LogP contribution is -2.06. The fourth-order valence-corrected chi connectivity index (χ4v) is 2.66. The van der Waals surface area contributed by atoms with Crippen LogP contribution in [0.5, 0.6) is 0 Å². The number of rotatable bonds is 6. The van der Waals surface area contributed by atoms with Crippen molar-refractivity contribution in [3.8, 4) is 0 Å². The summed E-state index contributed by atoms with van der Waals surface area (Å²) in [5.74, 6) is -1.86. The highest BCUT2D eigenvalue weighted by molar-refractivity contribution is 7.17. The van der Waals surface area contributed by atoms with E-state index < -0.39 is 5.97 Å². The molecule has 7 heteroatoms. The minimum Gasteiger partial charge on any atom is -0.476 e. The summed E-state index contributed by atoms with van der Waals surface area (Å²) in [6.07, 6.45) is 0.565. The van der Waals surface area contributed by atoms with Crippen LogP contribution >= 0.6 is 11.3 Å². The molecule has 0 aliphatic rings. The molecule has 0 atom stereocenters. The van der Waals surface area contributed by atoms with Crippen LogP contribution < -0.4 is 5.32 Å². The van der Waals surface area contributed by atoms with Crippen molar-refractivity contribution in [2.45, 2.75) is 13.3 Å². The number of halogens is 1. The lowest BCUT2D eigenvalue weighted by atomic mass is 10.1. The van der Waals surface area contributed by atoms with Gasteiger partial charge in [-0.25, -0.2) is 14.2 Å². The van der Waals surface area contributed by atoms with E-state index in [-0.39, 0.29) is 22.2 Å². The van der Waals surface area contributed by atoms with E-state index in [9.17, 15) is 14.0 Å². The number of ketones is 1. The first-order valence-electron chi connectivity index (χ1n) is 6.20. The van der Waals surface area contributed by atoms with Gasteiger partial charge in [0.2, 0.25) is 0 Å². The van der Waals surface area contributed by atoms with Gasteiger partial charge in [0.05, 0.1) is 0 Å².